The van der Waals surface area contributed by atoms with E-state index >= 15 is 0 Å². The molecule has 1 aromatic heterocycles. The maximum Gasteiger partial charge on any atom is 0.332 e. The van der Waals surface area contributed by atoms with Gasteiger partial charge in [-0.2, -0.15) is 0 Å². The van der Waals surface area contributed by atoms with Gasteiger partial charge >= 0.3 is 5.69 Å². The molecule has 7 heteroatoms. The minimum atomic E-state index is -0.668. The molecule has 2 aliphatic rings. The first-order valence-corrected chi connectivity index (χ1v) is 10.0. The minimum Gasteiger partial charge on any atom is -0.507 e. The quantitative estimate of drug-likeness (QED) is 0.661. The molecule has 5 rings (SSSR count). The highest BCUT2D eigenvalue weighted by Gasteiger charge is 2.47. The molecule has 0 unspecified atom stereocenters. The highest BCUT2D eigenvalue weighted by atomic mass is 16.3. The van der Waals surface area contributed by atoms with Crippen molar-refractivity contribution in [3.8, 4) is 5.75 Å². The second-order valence-corrected chi connectivity index (χ2v) is 8.31. The fourth-order valence-electron chi connectivity index (χ4n) is 4.90. The Morgan fingerprint density at radius 3 is 2.16 bits per heavy atom. The number of carbonyl (C=O) groups is 1. The second kappa shape index (κ2) is 6.38. The molecular formula is C24H21N3O4. The van der Waals surface area contributed by atoms with Gasteiger partial charge in [0.2, 0.25) is 0 Å². The van der Waals surface area contributed by atoms with Crippen molar-refractivity contribution >= 4 is 17.3 Å². The molecule has 1 aliphatic carbocycles. The Hall–Kier alpha value is -3.74. The highest BCUT2D eigenvalue weighted by molar-refractivity contribution is 6.30. The molecule has 31 heavy (non-hydrogen) atoms. The lowest BCUT2D eigenvalue weighted by Gasteiger charge is -2.30. The molecule has 0 amide bonds. The summed E-state index contributed by atoms with van der Waals surface area (Å²) in [5.41, 5.74) is 3.32. The van der Waals surface area contributed by atoms with E-state index in [9.17, 15) is 19.5 Å². The van der Waals surface area contributed by atoms with Crippen molar-refractivity contribution in [3.05, 3.63) is 90.6 Å². The van der Waals surface area contributed by atoms with Crippen LogP contribution in [-0.2, 0) is 14.1 Å². The van der Waals surface area contributed by atoms with E-state index in [1.807, 2.05) is 12.1 Å². The van der Waals surface area contributed by atoms with Crippen LogP contribution in [0.1, 0.15) is 44.1 Å². The number of rotatable bonds is 1. The number of carbonyl (C=O) groups excluding carboxylic acids is 1. The molecule has 1 aliphatic heterocycles. The summed E-state index contributed by atoms with van der Waals surface area (Å²) in [6, 6.07) is 10.9. The van der Waals surface area contributed by atoms with E-state index < -0.39 is 23.1 Å². The molecule has 0 fully saturated rings. The predicted octanol–water partition coefficient (Wildman–Crippen LogP) is 2.49. The van der Waals surface area contributed by atoms with Crippen LogP contribution in [0, 0.1) is 19.8 Å². The maximum atomic E-state index is 13.5. The van der Waals surface area contributed by atoms with Crippen LogP contribution in [0.2, 0.25) is 0 Å². The molecular weight excluding hydrogens is 394 g/mol. The Labute approximate surface area is 177 Å². The van der Waals surface area contributed by atoms with E-state index in [4.69, 9.17) is 4.99 Å². The Kier molecular flexibility index (Phi) is 3.96. The average molecular weight is 415 g/mol. The zero-order chi connectivity index (χ0) is 22.2. The van der Waals surface area contributed by atoms with Crippen LogP contribution in [0.25, 0.3) is 0 Å². The van der Waals surface area contributed by atoms with Crippen molar-refractivity contribution in [2.24, 2.45) is 25.0 Å². The maximum absolute atomic E-state index is 13.5. The predicted molar refractivity (Wildman–Crippen MR) is 117 cm³/mol. The molecule has 3 aromatic rings. The lowest BCUT2D eigenvalue weighted by Crippen LogP contribution is -2.43. The van der Waals surface area contributed by atoms with Crippen molar-refractivity contribution in [2.75, 3.05) is 0 Å². The zero-order valence-electron chi connectivity index (χ0n) is 17.6. The number of aromatic hydroxyl groups is 1. The first-order chi connectivity index (χ1) is 14.7. The number of nitrogens with zero attached hydrogens (tertiary/aromatic N) is 3. The van der Waals surface area contributed by atoms with Crippen LogP contribution in [0.5, 0.6) is 5.75 Å². The first kappa shape index (κ1) is 19.2. The van der Waals surface area contributed by atoms with Gasteiger partial charge < -0.3 is 5.11 Å². The lowest BCUT2D eigenvalue weighted by molar-refractivity contribution is 0.0953. The summed E-state index contributed by atoms with van der Waals surface area (Å²) in [4.78, 5) is 44.1. The van der Waals surface area contributed by atoms with Crippen LogP contribution in [0.15, 0.2) is 51.0 Å². The van der Waals surface area contributed by atoms with Crippen molar-refractivity contribution in [1.29, 1.82) is 0 Å². The Morgan fingerprint density at radius 1 is 0.903 bits per heavy atom. The Bertz CT molecular complexity index is 1440. The van der Waals surface area contributed by atoms with Gasteiger partial charge in [0, 0.05) is 31.1 Å². The summed E-state index contributed by atoms with van der Waals surface area (Å²) >= 11 is 0. The SMILES string of the molecule is Cc1cc([C@H]2c3c(n(C)c(=O)n(C)c3=O)N=C3c4ccccc4C(=O)[C@H]32)cc(C)c1O. The van der Waals surface area contributed by atoms with Gasteiger partial charge in [0.15, 0.2) is 5.78 Å². The third-order valence-electron chi connectivity index (χ3n) is 6.46. The largest absolute Gasteiger partial charge is 0.507 e. The van der Waals surface area contributed by atoms with Gasteiger partial charge in [-0.1, -0.05) is 36.4 Å². The summed E-state index contributed by atoms with van der Waals surface area (Å²) in [6.45, 7) is 3.57. The smallest absolute Gasteiger partial charge is 0.332 e. The molecule has 0 bridgehead atoms. The lowest BCUT2D eigenvalue weighted by atomic mass is 9.76. The van der Waals surface area contributed by atoms with Crippen molar-refractivity contribution < 1.29 is 9.90 Å². The topological polar surface area (TPSA) is 93.7 Å². The summed E-state index contributed by atoms with van der Waals surface area (Å²) in [5.74, 6) is -0.922. The molecule has 2 atom stereocenters. The summed E-state index contributed by atoms with van der Waals surface area (Å²) < 4.78 is 2.41. The monoisotopic (exact) mass is 415 g/mol. The number of ketones is 1. The summed E-state index contributed by atoms with van der Waals surface area (Å²) in [5, 5.41) is 10.3. The molecule has 1 N–H and O–H groups in total. The van der Waals surface area contributed by atoms with Crippen LogP contribution >= 0.6 is 0 Å². The van der Waals surface area contributed by atoms with Crippen LogP contribution in [0.4, 0.5) is 5.82 Å². The molecule has 2 heterocycles. The van der Waals surface area contributed by atoms with Crippen LogP contribution in [0.3, 0.4) is 0 Å². The third kappa shape index (κ3) is 2.46. The van der Waals surface area contributed by atoms with Gasteiger partial charge in [0.25, 0.3) is 5.56 Å². The molecule has 0 saturated carbocycles. The fourth-order valence-corrected chi connectivity index (χ4v) is 4.90. The van der Waals surface area contributed by atoms with Gasteiger partial charge in [-0.3, -0.25) is 18.7 Å². The first-order valence-electron chi connectivity index (χ1n) is 10.0. The molecule has 7 nitrogen and oxygen atoms in total. The number of hydrogen-bond acceptors (Lipinski definition) is 5. The number of aliphatic imine (C=N–C) groups is 1. The van der Waals surface area contributed by atoms with Crippen LogP contribution in [-0.4, -0.2) is 25.7 Å². The van der Waals surface area contributed by atoms with Gasteiger partial charge in [-0.15, -0.1) is 0 Å². The van der Waals surface area contributed by atoms with Crippen molar-refractivity contribution in [1.82, 2.24) is 9.13 Å². The normalized spacial score (nSPS) is 19.0. The van der Waals surface area contributed by atoms with Crippen molar-refractivity contribution in [3.63, 3.8) is 0 Å². The number of phenolic OH excluding ortho intramolecular Hbond substituents is 1. The van der Waals surface area contributed by atoms with Gasteiger partial charge in [-0.25, -0.2) is 9.79 Å². The fraction of sp³-hybridized carbons (Fsp3) is 0.250. The zero-order valence-corrected chi connectivity index (χ0v) is 17.6. The summed E-state index contributed by atoms with van der Waals surface area (Å²) in [6.07, 6.45) is 0. The van der Waals surface area contributed by atoms with Crippen LogP contribution < -0.4 is 11.2 Å². The average Bonchev–Trinajstić information content (AvgIpc) is 3.05. The van der Waals surface area contributed by atoms with Gasteiger partial charge in [-0.05, 0) is 30.5 Å². The Balaban J connectivity index is 1.92. The van der Waals surface area contributed by atoms with Gasteiger partial charge in [0.1, 0.15) is 11.6 Å². The number of benzene rings is 2. The number of Topliss-reactive ketones (excluding diaryl/α,β-unsaturated/α-hetero) is 1. The molecule has 2 aromatic carbocycles. The standard InChI is InChI=1S/C24H21N3O4/c1-11-9-13(10-12(2)20(11)28)16-17-19(14-7-5-6-8-15(14)21(17)29)25-22-18(16)23(30)27(4)24(31)26(22)3/h5-10,16-17,28H,1-4H3/t16-,17+/m1/s1. The Morgan fingerprint density at radius 2 is 1.52 bits per heavy atom. The van der Waals surface area contributed by atoms with Gasteiger partial charge in [0.05, 0.1) is 17.2 Å². The third-order valence-corrected chi connectivity index (χ3v) is 6.46. The number of fused-ring (bicyclic) bond motifs is 4. The van der Waals surface area contributed by atoms with E-state index in [0.717, 1.165) is 15.7 Å². The van der Waals surface area contributed by atoms with E-state index in [0.29, 0.717) is 28.0 Å². The van der Waals surface area contributed by atoms with Crippen molar-refractivity contribution in [2.45, 2.75) is 19.8 Å². The number of aromatic nitrogens is 2. The molecule has 0 radical (unpaired) electrons. The minimum absolute atomic E-state index is 0.0933. The van der Waals surface area contributed by atoms with E-state index in [2.05, 4.69) is 0 Å². The number of aryl methyl sites for hydroxylation is 2. The molecule has 156 valence electrons. The highest BCUT2D eigenvalue weighted by Crippen LogP contribution is 2.47. The summed E-state index contributed by atoms with van der Waals surface area (Å²) in [7, 11) is 3.01. The molecule has 0 saturated heterocycles. The molecule has 0 spiro atoms. The van der Waals surface area contributed by atoms with E-state index in [1.165, 1.54) is 11.6 Å². The van der Waals surface area contributed by atoms with E-state index in [1.54, 1.807) is 45.2 Å². The number of phenols is 1. The number of hydrogen-bond donors (Lipinski definition) is 1. The van der Waals surface area contributed by atoms with E-state index in [-0.39, 0.29) is 17.4 Å². The second-order valence-electron chi connectivity index (χ2n) is 8.31.